The first-order valence-corrected chi connectivity index (χ1v) is 9.91. The second-order valence-corrected chi connectivity index (χ2v) is 7.44. The van der Waals surface area contributed by atoms with Gasteiger partial charge >= 0.3 is 0 Å². The summed E-state index contributed by atoms with van der Waals surface area (Å²) in [5.41, 5.74) is 1.43. The zero-order valence-electron chi connectivity index (χ0n) is 15.5. The Morgan fingerprint density at radius 2 is 1.69 bits per heavy atom. The minimum atomic E-state index is 0.690. The van der Waals surface area contributed by atoms with Crippen LogP contribution >= 0.6 is 0 Å². The Bertz CT molecular complexity index is 663. The summed E-state index contributed by atoms with van der Waals surface area (Å²) < 4.78 is 0. The van der Waals surface area contributed by atoms with Gasteiger partial charge in [0.25, 0.3) is 0 Å². The van der Waals surface area contributed by atoms with Gasteiger partial charge in [0.15, 0.2) is 0 Å². The second-order valence-electron chi connectivity index (χ2n) is 7.44. The predicted octanol–water partition coefficient (Wildman–Crippen LogP) is 2.65. The Morgan fingerprint density at radius 3 is 2.54 bits per heavy atom. The number of benzene rings is 1. The zero-order chi connectivity index (χ0) is 17.6. The van der Waals surface area contributed by atoms with E-state index in [2.05, 4.69) is 55.0 Å². The Kier molecular flexibility index (Phi) is 5.77. The van der Waals surface area contributed by atoms with Gasteiger partial charge in [-0.05, 0) is 44.0 Å². The van der Waals surface area contributed by atoms with Crippen molar-refractivity contribution in [3.05, 3.63) is 54.4 Å². The van der Waals surface area contributed by atoms with E-state index in [1.165, 1.54) is 44.5 Å². The van der Waals surface area contributed by atoms with Crippen LogP contribution in [0.25, 0.3) is 0 Å². The van der Waals surface area contributed by atoms with Crippen molar-refractivity contribution in [2.75, 3.05) is 44.2 Å². The number of hydrogen-bond acceptors (Lipinski definition) is 5. The van der Waals surface area contributed by atoms with E-state index >= 15 is 0 Å². The molecular weight excluding hydrogens is 322 g/mol. The Balaban J connectivity index is 1.32. The van der Waals surface area contributed by atoms with Crippen molar-refractivity contribution in [1.82, 2.24) is 19.8 Å². The van der Waals surface area contributed by atoms with Crippen molar-refractivity contribution < 1.29 is 0 Å². The molecule has 0 aliphatic carbocycles. The fourth-order valence-corrected chi connectivity index (χ4v) is 4.23. The highest BCUT2D eigenvalue weighted by Gasteiger charge is 2.27. The molecule has 0 saturated carbocycles. The van der Waals surface area contributed by atoms with Crippen LogP contribution in [0.1, 0.15) is 24.8 Å². The fourth-order valence-electron chi connectivity index (χ4n) is 4.23. The van der Waals surface area contributed by atoms with Crippen LogP contribution in [0.2, 0.25) is 0 Å². The summed E-state index contributed by atoms with van der Waals surface area (Å²) in [5, 5.41) is 0. The number of nitrogens with zero attached hydrogens (tertiary/aromatic N) is 5. The van der Waals surface area contributed by atoms with Crippen LogP contribution in [0.4, 0.5) is 5.95 Å². The molecule has 1 aromatic carbocycles. The summed E-state index contributed by atoms with van der Waals surface area (Å²) in [5.74, 6) is 0.876. The molecule has 0 amide bonds. The first-order chi connectivity index (χ1) is 12.9. The van der Waals surface area contributed by atoms with Crippen molar-refractivity contribution in [2.45, 2.75) is 31.8 Å². The molecule has 0 unspecified atom stereocenters. The minimum absolute atomic E-state index is 0.690. The summed E-state index contributed by atoms with van der Waals surface area (Å²) in [4.78, 5) is 16.5. The lowest BCUT2D eigenvalue weighted by Gasteiger charge is -2.30. The van der Waals surface area contributed by atoms with E-state index in [-0.39, 0.29) is 0 Å². The maximum absolute atomic E-state index is 4.42. The van der Waals surface area contributed by atoms with Crippen LogP contribution in [0.3, 0.4) is 0 Å². The third kappa shape index (κ3) is 4.40. The quantitative estimate of drug-likeness (QED) is 0.828. The molecular formula is C21H29N5. The maximum Gasteiger partial charge on any atom is 0.225 e. The van der Waals surface area contributed by atoms with Gasteiger partial charge in [-0.1, -0.05) is 30.3 Å². The van der Waals surface area contributed by atoms with E-state index in [0.29, 0.717) is 6.04 Å². The largest absolute Gasteiger partial charge is 0.339 e. The molecule has 3 heterocycles. The maximum atomic E-state index is 4.42. The minimum Gasteiger partial charge on any atom is -0.339 e. The van der Waals surface area contributed by atoms with Crippen molar-refractivity contribution in [3.8, 4) is 0 Å². The van der Waals surface area contributed by atoms with Gasteiger partial charge in [-0.15, -0.1) is 0 Å². The molecule has 1 atom stereocenters. The number of rotatable bonds is 5. The van der Waals surface area contributed by atoms with Gasteiger partial charge in [-0.3, -0.25) is 9.80 Å². The van der Waals surface area contributed by atoms with Crippen LogP contribution in [-0.2, 0) is 6.54 Å². The Morgan fingerprint density at radius 1 is 0.846 bits per heavy atom. The first kappa shape index (κ1) is 17.4. The van der Waals surface area contributed by atoms with Crippen LogP contribution in [-0.4, -0.2) is 65.1 Å². The topological polar surface area (TPSA) is 35.5 Å². The fraction of sp³-hybridized carbons (Fsp3) is 0.524. The molecule has 0 N–H and O–H groups in total. The lowest BCUT2D eigenvalue weighted by Crippen LogP contribution is -2.41. The number of likely N-dealkylation sites (tertiary alicyclic amines) is 1. The number of anilines is 1. The van der Waals surface area contributed by atoms with Crippen LogP contribution < -0.4 is 4.90 Å². The van der Waals surface area contributed by atoms with Crippen LogP contribution in [0.5, 0.6) is 0 Å². The molecule has 2 saturated heterocycles. The van der Waals surface area contributed by atoms with Crippen molar-refractivity contribution in [1.29, 1.82) is 0 Å². The molecule has 0 bridgehead atoms. The highest BCUT2D eigenvalue weighted by molar-refractivity contribution is 5.28. The summed E-state index contributed by atoms with van der Waals surface area (Å²) in [6.45, 7) is 7.87. The summed E-state index contributed by atoms with van der Waals surface area (Å²) in [6.07, 6.45) is 7.52. The average Bonchev–Trinajstić information content (AvgIpc) is 2.98. The van der Waals surface area contributed by atoms with Crippen molar-refractivity contribution in [3.63, 3.8) is 0 Å². The normalized spacial score (nSPS) is 22.5. The van der Waals surface area contributed by atoms with Gasteiger partial charge < -0.3 is 4.90 Å². The third-order valence-corrected chi connectivity index (χ3v) is 5.62. The third-order valence-electron chi connectivity index (χ3n) is 5.62. The van der Waals surface area contributed by atoms with Gasteiger partial charge in [-0.2, -0.15) is 0 Å². The summed E-state index contributed by atoms with van der Waals surface area (Å²) in [6, 6.07) is 13.5. The van der Waals surface area contributed by atoms with E-state index in [4.69, 9.17) is 0 Å². The molecule has 5 heteroatoms. The smallest absolute Gasteiger partial charge is 0.225 e. The Hall–Kier alpha value is -1.98. The lowest BCUT2D eigenvalue weighted by molar-refractivity contribution is 0.172. The first-order valence-electron chi connectivity index (χ1n) is 9.91. The highest BCUT2D eigenvalue weighted by Crippen LogP contribution is 2.22. The van der Waals surface area contributed by atoms with Crippen molar-refractivity contribution in [2.24, 2.45) is 0 Å². The number of hydrogen-bond donors (Lipinski definition) is 0. The second kappa shape index (κ2) is 8.60. The van der Waals surface area contributed by atoms with E-state index in [9.17, 15) is 0 Å². The predicted molar refractivity (Wildman–Crippen MR) is 105 cm³/mol. The molecule has 2 fully saturated rings. The highest BCUT2D eigenvalue weighted by atomic mass is 15.3. The van der Waals surface area contributed by atoms with Crippen LogP contribution in [0, 0.1) is 0 Å². The van der Waals surface area contributed by atoms with E-state index in [1.807, 2.05) is 18.5 Å². The molecule has 0 spiro atoms. The summed E-state index contributed by atoms with van der Waals surface area (Å²) >= 11 is 0. The van der Waals surface area contributed by atoms with Crippen molar-refractivity contribution >= 4 is 5.95 Å². The monoisotopic (exact) mass is 351 g/mol. The molecule has 2 aromatic rings. The van der Waals surface area contributed by atoms with E-state index < -0.39 is 0 Å². The molecule has 26 heavy (non-hydrogen) atoms. The zero-order valence-corrected chi connectivity index (χ0v) is 15.5. The molecule has 2 aliphatic rings. The van der Waals surface area contributed by atoms with Gasteiger partial charge in [0.05, 0.1) is 0 Å². The van der Waals surface area contributed by atoms with Gasteiger partial charge in [-0.25, -0.2) is 9.97 Å². The van der Waals surface area contributed by atoms with E-state index in [0.717, 1.165) is 32.1 Å². The molecule has 2 aliphatic heterocycles. The number of aromatic nitrogens is 2. The Labute approximate surface area is 156 Å². The van der Waals surface area contributed by atoms with Gasteiger partial charge in [0, 0.05) is 51.2 Å². The van der Waals surface area contributed by atoms with Crippen LogP contribution in [0.15, 0.2) is 48.8 Å². The SMILES string of the molecule is c1ccc(CN2CCC[C@@H]2CN2CCCN(c3ncccn3)CC2)cc1. The summed E-state index contributed by atoms with van der Waals surface area (Å²) in [7, 11) is 0. The van der Waals surface area contributed by atoms with Gasteiger partial charge in [0.1, 0.15) is 0 Å². The molecule has 1 aromatic heterocycles. The average molecular weight is 351 g/mol. The molecule has 0 radical (unpaired) electrons. The molecule has 138 valence electrons. The molecule has 4 rings (SSSR count). The standard InChI is InChI=1S/C21H29N5/c1-2-7-19(8-3-1)17-26-13-4-9-20(26)18-24-12-6-14-25(16-15-24)21-22-10-5-11-23-21/h1-3,5,7-8,10-11,20H,4,6,9,12-18H2/t20-/m1/s1. The van der Waals surface area contributed by atoms with Gasteiger partial charge in [0.2, 0.25) is 5.95 Å². The molecule has 5 nitrogen and oxygen atoms in total. The van der Waals surface area contributed by atoms with E-state index in [1.54, 1.807) is 0 Å². The lowest BCUT2D eigenvalue weighted by atomic mass is 10.1.